The first-order valence-electron chi connectivity index (χ1n) is 12.5. The van der Waals surface area contributed by atoms with Crippen molar-refractivity contribution in [2.75, 3.05) is 6.54 Å². The van der Waals surface area contributed by atoms with Gasteiger partial charge < -0.3 is 24.6 Å². The van der Waals surface area contributed by atoms with Crippen LogP contribution in [0.25, 0.3) is 0 Å². The highest BCUT2D eigenvalue weighted by molar-refractivity contribution is 5.94. The molecule has 4 rings (SSSR count). The highest BCUT2D eigenvalue weighted by Gasteiger charge is 2.41. The van der Waals surface area contributed by atoms with Crippen molar-refractivity contribution in [3.8, 4) is 5.75 Å². The molecular formula is C30H29F2NO6. The van der Waals surface area contributed by atoms with Crippen LogP contribution in [0.2, 0.25) is 0 Å². The van der Waals surface area contributed by atoms with Crippen molar-refractivity contribution in [3.63, 3.8) is 0 Å². The average molecular weight is 538 g/mol. The van der Waals surface area contributed by atoms with Crippen molar-refractivity contribution in [1.82, 2.24) is 4.90 Å². The normalized spacial score (nSPS) is 17.6. The Kier molecular flexibility index (Phi) is 8.61. The van der Waals surface area contributed by atoms with Crippen LogP contribution in [0.1, 0.15) is 49.0 Å². The van der Waals surface area contributed by atoms with Crippen LogP contribution in [-0.4, -0.2) is 45.9 Å². The zero-order valence-corrected chi connectivity index (χ0v) is 21.5. The molecule has 0 aromatic heterocycles. The van der Waals surface area contributed by atoms with E-state index in [1.807, 2.05) is 38.1 Å². The molecule has 0 bridgehead atoms. The Morgan fingerprint density at radius 1 is 0.949 bits per heavy atom. The highest BCUT2D eigenvalue weighted by atomic mass is 19.1. The minimum absolute atomic E-state index is 0.0641. The van der Waals surface area contributed by atoms with Gasteiger partial charge in [-0.3, -0.25) is 0 Å². The van der Waals surface area contributed by atoms with Gasteiger partial charge in [0.1, 0.15) is 35.4 Å². The molecule has 2 atom stereocenters. The Hall–Kier alpha value is -4.24. The number of hydrogen-bond donors (Lipinski definition) is 2. The molecule has 1 heterocycles. The monoisotopic (exact) mass is 537 g/mol. The molecule has 39 heavy (non-hydrogen) atoms. The van der Waals surface area contributed by atoms with Crippen molar-refractivity contribution in [1.29, 1.82) is 0 Å². The lowest BCUT2D eigenvalue weighted by atomic mass is 9.95. The van der Waals surface area contributed by atoms with Gasteiger partial charge in [-0.2, -0.15) is 0 Å². The van der Waals surface area contributed by atoms with Gasteiger partial charge in [-0.25, -0.2) is 18.4 Å². The van der Waals surface area contributed by atoms with Crippen molar-refractivity contribution in [3.05, 3.63) is 113 Å². The Bertz CT molecular complexity index is 1290. The van der Waals surface area contributed by atoms with E-state index in [-0.39, 0.29) is 18.6 Å². The van der Waals surface area contributed by atoms with E-state index in [0.717, 1.165) is 5.56 Å². The van der Waals surface area contributed by atoms with Gasteiger partial charge in [-0.05, 0) is 73.4 Å². The molecule has 1 aliphatic heterocycles. The summed E-state index contributed by atoms with van der Waals surface area (Å²) in [5.74, 6) is -3.46. The number of likely N-dealkylation sites (tertiary alicyclic amines) is 1. The van der Waals surface area contributed by atoms with Crippen LogP contribution in [0.4, 0.5) is 8.78 Å². The third-order valence-electron chi connectivity index (χ3n) is 6.40. The molecule has 7 nitrogen and oxygen atoms in total. The number of nitrogens with zero attached hydrogens (tertiary/aromatic N) is 1. The van der Waals surface area contributed by atoms with E-state index < -0.39 is 41.6 Å². The van der Waals surface area contributed by atoms with E-state index in [2.05, 4.69) is 0 Å². The lowest BCUT2D eigenvalue weighted by Gasteiger charge is -2.34. The fraction of sp³-hybridized carbons (Fsp3) is 0.267. The van der Waals surface area contributed by atoms with Crippen LogP contribution in [0.5, 0.6) is 5.75 Å². The molecule has 204 valence electrons. The van der Waals surface area contributed by atoms with Crippen LogP contribution in [0.3, 0.4) is 0 Å². The fourth-order valence-electron chi connectivity index (χ4n) is 4.76. The average Bonchev–Trinajstić information content (AvgIpc) is 3.30. The SMILES string of the molecule is CC(C)Oc1cccc(C2CCN(/C(=C/C(=O)O)C(=O)O)C2OC(c2ccc(F)cc2)c2ccc(F)cc2)c1. The van der Waals surface area contributed by atoms with Crippen LogP contribution in [0, 0.1) is 11.6 Å². The van der Waals surface area contributed by atoms with Crippen molar-refractivity contribution < 1.29 is 38.1 Å². The highest BCUT2D eigenvalue weighted by Crippen LogP contribution is 2.41. The van der Waals surface area contributed by atoms with Crippen LogP contribution in [0.15, 0.2) is 84.6 Å². The maximum Gasteiger partial charge on any atom is 0.352 e. The summed E-state index contributed by atoms with van der Waals surface area (Å²) < 4.78 is 40.0. The molecule has 0 aliphatic carbocycles. The van der Waals surface area contributed by atoms with E-state index in [1.54, 1.807) is 24.3 Å². The van der Waals surface area contributed by atoms with Gasteiger partial charge in [0.15, 0.2) is 0 Å². The summed E-state index contributed by atoms with van der Waals surface area (Å²) in [6, 6.07) is 18.7. The smallest absolute Gasteiger partial charge is 0.352 e. The molecule has 0 amide bonds. The Morgan fingerprint density at radius 2 is 1.54 bits per heavy atom. The summed E-state index contributed by atoms with van der Waals surface area (Å²) in [6.07, 6.45) is -0.731. The number of benzene rings is 3. The predicted molar refractivity (Wildman–Crippen MR) is 139 cm³/mol. The Labute approximate surface area is 224 Å². The number of carboxylic acid groups (broad SMARTS) is 2. The van der Waals surface area contributed by atoms with E-state index in [4.69, 9.17) is 9.47 Å². The standard InChI is InChI=1S/C30H29F2NO6/c1-18(2)38-24-5-3-4-21(16-24)25-14-15-33(26(30(36)37)17-27(34)35)29(25)39-28(19-6-10-22(31)11-7-19)20-8-12-23(32)13-9-20/h3-13,16-18,25,28-29H,14-15H2,1-2H3,(H,34,35)(H,36,37)/b26-17+. The first-order valence-corrected chi connectivity index (χ1v) is 12.5. The van der Waals surface area contributed by atoms with Crippen molar-refractivity contribution in [2.24, 2.45) is 0 Å². The minimum Gasteiger partial charge on any atom is -0.491 e. The lowest BCUT2D eigenvalue weighted by molar-refractivity contribution is -0.139. The number of aliphatic carboxylic acids is 2. The predicted octanol–water partition coefficient (Wildman–Crippen LogP) is 5.73. The van der Waals surface area contributed by atoms with Crippen molar-refractivity contribution in [2.45, 2.75) is 44.6 Å². The zero-order valence-electron chi connectivity index (χ0n) is 21.5. The molecule has 0 radical (unpaired) electrons. The summed E-state index contributed by atoms with van der Waals surface area (Å²) in [5, 5.41) is 19.3. The maximum atomic E-state index is 13.8. The number of ether oxygens (including phenoxy) is 2. The molecule has 3 aromatic carbocycles. The number of rotatable bonds is 10. The molecule has 3 aromatic rings. The molecule has 9 heteroatoms. The van der Waals surface area contributed by atoms with Gasteiger partial charge in [0.25, 0.3) is 0 Å². The second kappa shape index (κ2) is 12.1. The van der Waals surface area contributed by atoms with Crippen molar-refractivity contribution >= 4 is 11.9 Å². The molecule has 0 saturated carbocycles. The molecule has 1 fully saturated rings. The minimum atomic E-state index is -1.41. The molecule has 1 saturated heterocycles. The number of carboxylic acids is 2. The quantitative estimate of drug-likeness (QED) is 0.319. The van der Waals surface area contributed by atoms with Crippen LogP contribution >= 0.6 is 0 Å². The van der Waals surface area contributed by atoms with Crippen LogP contribution in [-0.2, 0) is 14.3 Å². The Balaban J connectivity index is 1.81. The molecule has 1 aliphatic rings. The summed E-state index contributed by atoms with van der Waals surface area (Å²) in [7, 11) is 0. The van der Waals surface area contributed by atoms with Gasteiger partial charge in [0.2, 0.25) is 0 Å². The summed E-state index contributed by atoms with van der Waals surface area (Å²) in [5.41, 5.74) is 1.51. The lowest BCUT2D eigenvalue weighted by Crippen LogP contribution is -2.38. The van der Waals surface area contributed by atoms with E-state index in [1.165, 1.54) is 29.2 Å². The zero-order chi connectivity index (χ0) is 28.1. The number of halogens is 2. The molecular weight excluding hydrogens is 508 g/mol. The van der Waals surface area contributed by atoms with Gasteiger partial charge in [0.05, 0.1) is 12.2 Å². The van der Waals surface area contributed by atoms with Crippen LogP contribution < -0.4 is 4.74 Å². The Morgan fingerprint density at radius 3 is 2.05 bits per heavy atom. The fourth-order valence-corrected chi connectivity index (χ4v) is 4.76. The van der Waals surface area contributed by atoms with Gasteiger partial charge in [-0.1, -0.05) is 36.4 Å². The number of carbonyl (C=O) groups is 2. The number of hydrogen-bond acceptors (Lipinski definition) is 5. The largest absolute Gasteiger partial charge is 0.491 e. The maximum absolute atomic E-state index is 13.8. The first-order chi connectivity index (χ1) is 18.6. The summed E-state index contributed by atoms with van der Waals surface area (Å²) in [4.78, 5) is 25.1. The molecule has 0 spiro atoms. The second-order valence-electron chi connectivity index (χ2n) is 9.51. The first kappa shape index (κ1) is 27.8. The van der Waals surface area contributed by atoms with Gasteiger partial charge in [-0.15, -0.1) is 0 Å². The summed E-state index contributed by atoms with van der Waals surface area (Å²) >= 11 is 0. The van der Waals surface area contributed by atoms with Gasteiger partial charge in [0, 0.05) is 12.5 Å². The summed E-state index contributed by atoms with van der Waals surface area (Å²) in [6.45, 7) is 4.01. The molecule has 2 N–H and O–H groups in total. The topological polar surface area (TPSA) is 96.3 Å². The van der Waals surface area contributed by atoms with E-state index in [0.29, 0.717) is 29.4 Å². The molecule has 2 unspecified atom stereocenters. The third kappa shape index (κ3) is 6.80. The van der Waals surface area contributed by atoms with E-state index in [9.17, 15) is 28.6 Å². The van der Waals surface area contributed by atoms with Gasteiger partial charge >= 0.3 is 11.9 Å². The van der Waals surface area contributed by atoms with E-state index >= 15 is 0 Å². The third-order valence-corrected chi connectivity index (χ3v) is 6.40. The second-order valence-corrected chi connectivity index (χ2v) is 9.51.